The van der Waals surface area contributed by atoms with Gasteiger partial charge in [-0.1, -0.05) is 30.1 Å². The largest absolute Gasteiger partial charge is 0.505 e. The molecule has 0 spiro atoms. The number of phenols is 1. The van der Waals surface area contributed by atoms with E-state index in [0.29, 0.717) is 12.2 Å². The lowest BCUT2D eigenvalue weighted by Crippen LogP contribution is -2.27. The Morgan fingerprint density at radius 3 is 2.44 bits per heavy atom. The fraction of sp³-hybridized carbons (Fsp3) is 0.300. The van der Waals surface area contributed by atoms with E-state index in [2.05, 4.69) is 10.6 Å². The molecule has 4 nitrogen and oxygen atoms in total. The van der Waals surface area contributed by atoms with Gasteiger partial charge in [-0.2, -0.15) is 0 Å². The molecule has 0 saturated carbocycles. The van der Waals surface area contributed by atoms with Crippen LogP contribution in [0.3, 0.4) is 0 Å². The molecule has 0 atom stereocenters. The van der Waals surface area contributed by atoms with E-state index >= 15 is 0 Å². The third-order valence-corrected chi connectivity index (χ3v) is 2.41. The maximum absolute atomic E-state index is 11.4. The van der Waals surface area contributed by atoms with Gasteiger partial charge in [0.25, 0.3) is 0 Å². The van der Waals surface area contributed by atoms with Crippen molar-refractivity contribution in [2.24, 2.45) is 0 Å². The second kappa shape index (κ2) is 5.94. The van der Waals surface area contributed by atoms with E-state index in [9.17, 15) is 9.90 Å². The summed E-state index contributed by atoms with van der Waals surface area (Å²) in [6.45, 7) is 2.83. The van der Waals surface area contributed by atoms with Crippen molar-refractivity contribution < 1.29 is 9.90 Å². The molecule has 0 fully saturated rings. The average molecular weight is 263 g/mol. The van der Waals surface area contributed by atoms with Crippen LogP contribution in [0.25, 0.3) is 0 Å². The van der Waals surface area contributed by atoms with Crippen LogP contribution in [0.4, 0.5) is 5.69 Å². The minimum atomic E-state index is -0.195. The van der Waals surface area contributed by atoms with Gasteiger partial charge in [0.1, 0.15) is 0 Å². The Labute approximate surface area is 104 Å². The molecule has 0 aliphatic carbocycles. The molecule has 0 bridgehead atoms. The van der Waals surface area contributed by atoms with E-state index in [1.54, 1.807) is 0 Å². The summed E-state index contributed by atoms with van der Waals surface area (Å²) in [6.07, 6.45) is 0. The molecule has 1 rings (SSSR count). The summed E-state index contributed by atoms with van der Waals surface area (Å²) in [4.78, 5) is 11.4. The zero-order valence-electron chi connectivity index (χ0n) is 8.68. The van der Waals surface area contributed by atoms with Gasteiger partial charge in [-0.15, -0.1) is 0 Å². The predicted octanol–water partition coefficient (Wildman–Crippen LogP) is 2.25. The average Bonchev–Trinajstić information content (AvgIpc) is 2.23. The monoisotopic (exact) mass is 262 g/mol. The third kappa shape index (κ3) is 3.56. The Bertz CT molecular complexity index is 373. The van der Waals surface area contributed by atoms with Crippen molar-refractivity contribution in [3.63, 3.8) is 0 Å². The molecule has 1 aromatic carbocycles. The standard InChI is InChI=1S/C10H12Cl2N2O2/c1-2-13-5-9(15)14-6-3-7(11)10(16)8(12)4-6/h3-4,13,16H,2,5H2,1H3,(H,14,15). The number of hydrogen-bond donors (Lipinski definition) is 3. The van der Waals surface area contributed by atoms with Crippen molar-refractivity contribution in [1.29, 1.82) is 0 Å². The summed E-state index contributed by atoms with van der Waals surface area (Å²) >= 11 is 11.4. The highest BCUT2D eigenvalue weighted by molar-refractivity contribution is 6.37. The molecule has 0 aliphatic heterocycles. The van der Waals surface area contributed by atoms with Gasteiger partial charge in [-0.05, 0) is 18.7 Å². The summed E-state index contributed by atoms with van der Waals surface area (Å²) in [5.74, 6) is -0.382. The first-order valence-electron chi connectivity index (χ1n) is 4.73. The number of benzene rings is 1. The van der Waals surface area contributed by atoms with Crippen molar-refractivity contribution in [2.75, 3.05) is 18.4 Å². The number of aromatic hydroxyl groups is 1. The highest BCUT2D eigenvalue weighted by Gasteiger charge is 2.08. The highest BCUT2D eigenvalue weighted by atomic mass is 35.5. The molecule has 0 aliphatic rings. The van der Waals surface area contributed by atoms with Gasteiger partial charge in [0.15, 0.2) is 5.75 Å². The molecule has 1 amide bonds. The fourth-order valence-corrected chi connectivity index (χ4v) is 1.57. The second-order valence-electron chi connectivity index (χ2n) is 3.12. The lowest BCUT2D eigenvalue weighted by atomic mass is 10.3. The minimum Gasteiger partial charge on any atom is -0.505 e. The number of amides is 1. The van der Waals surface area contributed by atoms with Crippen LogP contribution in [0, 0.1) is 0 Å². The third-order valence-electron chi connectivity index (χ3n) is 1.84. The van der Waals surface area contributed by atoms with E-state index < -0.39 is 0 Å². The Morgan fingerprint density at radius 2 is 1.94 bits per heavy atom. The maximum atomic E-state index is 11.4. The number of carbonyl (C=O) groups is 1. The first-order chi connectivity index (χ1) is 7.54. The quantitative estimate of drug-likeness (QED) is 0.730. The Balaban J connectivity index is 2.71. The summed E-state index contributed by atoms with van der Waals surface area (Å²) in [5.41, 5.74) is 0.454. The highest BCUT2D eigenvalue weighted by Crippen LogP contribution is 2.34. The molecule has 3 N–H and O–H groups in total. The number of nitrogens with one attached hydrogen (secondary N) is 2. The van der Waals surface area contributed by atoms with Gasteiger partial charge < -0.3 is 15.7 Å². The Morgan fingerprint density at radius 1 is 1.38 bits per heavy atom. The van der Waals surface area contributed by atoms with Crippen molar-refractivity contribution in [2.45, 2.75) is 6.92 Å². The molecule has 0 aromatic heterocycles. The lowest BCUT2D eigenvalue weighted by Gasteiger charge is -2.07. The molecule has 6 heteroatoms. The van der Waals surface area contributed by atoms with E-state index in [1.165, 1.54) is 12.1 Å². The molecule has 0 heterocycles. The second-order valence-corrected chi connectivity index (χ2v) is 3.93. The Hall–Kier alpha value is -0.970. The van der Waals surface area contributed by atoms with Crippen LogP contribution in [0.15, 0.2) is 12.1 Å². The summed E-state index contributed by atoms with van der Waals surface area (Å²) in [7, 11) is 0. The van der Waals surface area contributed by atoms with Crippen LogP contribution < -0.4 is 10.6 Å². The van der Waals surface area contributed by atoms with E-state index in [-0.39, 0.29) is 28.2 Å². The summed E-state index contributed by atoms with van der Waals surface area (Å²) < 4.78 is 0. The molecule has 1 aromatic rings. The van der Waals surface area contributed by atoms with Crippen LogP contribution in [0.2, 0.25) is 10.0 Å². The molecule has 16 heavy (non-hydrogen) atoms. The van der Waals surface area contributed by atoms with E-state index in [4.69, 9.17) is 23.2 Å². The fourth-order valence-electron chi connectivity index (χ4n) is 1.08. The van der Waals surface area contributed by atoms with Gasteiger partial charge in [0, 0.05) is 5.69 Å². The van der Waals surface area contributed by atoms with Crippen molar-refractivity contribution in [3.05, 3.63) is 22.2 Å². The van der Waals surface area contributed by atoms with E-state index in [1.807, 2.05) is 6.92 Å². The van der Waals surface area contributed by atoms with Crippen molar-refractivity contribution in [3.8, 4) is 5.75 Å². The molecule has 0 radical (unpaired) electrons. The van der Waals surface area contributed by atoms with Gasteiger partial charge in [0.05, 0.1) is 16.6 Å². The molecular weight excluding hydrogens is 251 g/mol. The number of hydrogen-bond acceptors (Lipinski definition) is 3. The van der Waals surface area contributed by atoms with Crippen molar-refractivity contribution >= 4 is 34.8 Å². The zero-order valence-corrected chi connectivity index (χ0v) is 10.2. The molecule has 0 unspecified atom stereocenters. The van der Waals surface area contributed by atoms with Crippen LogP contribution in [0.5, 0.6) is 5.75 Å². The number of likely N-dealkylation sites (N-methyl/N-ethyl adjacent to an activating group) is 1. The molecule has 0 saturated heterocycles. The van der Waals surface area contributed by atoms with Crippen LogP contribution >= 0.6 is 23.2 Å². The van der Waals surface area contributed by atoms with E-state index in [0.717, 1.165) is 0 Å². The van der Waals surface area contributed by atoms with Gasteiger partial charge in [-0.25, -0.2) is 0 Å². The summed E-state index contributed by atoms with van der Waals surface area (Å²) in [5, 5.41) is 15.0. The van der Waals surface area contributed by atoms with Crippen LogP contribution in [0.1, 0.15) is 6.92 Å². The minimum absolute atomic E-state index is 0.103. The normalized spacial score (nSPS) is 10.2. The zero-order chi connectivity index (χ0) is 12.1. The maximum Gasteiger partial charge on any atom is 0.238 e. The van der Waals surface area contributed by atoms with Gasteiger partial charge in [0.2, 0.25) is 5.91 Å². The predicted molar refractivity (Wildman–Crippen MR) is 65.3 cm³/mol. The number of anilines is 1. The first-order valence-corrected chi connectivity index (χ1v) is 5.48. The number of phenolic OH excluding ortho intramolecular Hbond substituents is 1. The number of rotatable bonds is 4. The van der Waals surface area contributed by atoms with Crippen molar-refractivity contribution in [1.82, 2.24) is 5.32 Å². The SMILES string of the molecule is CCNCC(=O)Nc1cc(Cl)c(O)c(Cl)c1. The Kier molecular flexibility index (Phi) is 4.86. The number of halogens is 2. The first kappa shape index (κ1) is 13.1. The topological polar surface area (TPSA) is 61.4 Å². The van der Waals surface area contributed by atoms with Crippen LogP contribution in [-0.4, -0.2) is 24.1 Å². The van der Waals surface area contributed by atoms with Crippen LogP contribution in [-0.2, 0) is 4.79 Å². The van der Waals surface area contributed by atoms with Gasteiger partial charge in [-0.3, -0.25) is 4.79 Å². The molecular formula is C10H12Cl2N2O2. The lowest BCUT2D eigenvalue weighted by molar-refractivity contribution is -0.115. The summed E-state index contributed by atoms with van der Waals surface area (Å²) in [6, 6.07) is 2.87. The number of carbonyl (C=O) groups excluding carboxylic acids is 1. The molecule has 88 valence electrons. The smallest absolute Gasteiger partial charge is 0.238 e. The van der Waals surface area contributed by atoms with Gasteiger partial charge >= 0.3 is 0 Å².